The van der Waals surface area contributed by atoms with Crippen LogP contribution in [0.2, 0.25) is 0 Å². The molecular formula is C17H35N. The maximum atomic E-state index is 3.81. The van der Waals surface area contributed by atoms with Crippen LogP contribution < -0.4 is 5.32 Å². The van der Waals surface area contributed by atoms with Gasteiger partial charge >= 0.3 is 0 Å². The average Bonchev–Trinajstić information content (AvgIpc) is 2.42. The Morgan fingerprint density at radius 2 is 1.83 bits per heavy atom. The molecule has 1 nitrogen and oxygen atoms in total. The fourth-order valence-corrected chi connectivity index (χ4v) is 3.50. The van der Waals surface area contributed by atoms with Gasteiger partial charge in [-0.3, -0.25) is 0 Å². The molecule has 0 spiro atoms. The van der Waals surface area contributed by atoms with Gasteiger partial charge in [-0.15, -0.1) is 0 Å². The zero-order valence-corrected chi connectivity index (χ0v) is 13.0. The van der Waals surface area contributed by atoms with E-state index < -0.39 is 0 Å². The van der Waals surface area contributed by atoms with Gasteiger partial charge in [0.15, 0.2) is 0 Å². The molecule has 1 aliphatic rings. The van der Waals surface area contributed by atoms with E-state index in [1.54, 1.807) is 0 Å². The number of rotatable bonds is 9. The minimum atomic E-state index is 0.828. The summed E-state index contributed by atoms with van der Waals surface area (Å²) in [6.45, 7) is 8.20. The Hall–Kier alpha value is -0.0400. The van der Waals surface area contributed by atoms with Crippen LogP contribution in [0.5, 0.6) is 0 Å². The van der Waals surface area contributed by atoms with E-state index in [2.05, 4.69) is 26.1 Å². The van der Waals surface area contributed by atoms with E-state index in [1.807, 2.05) is 0 Å². The fraction of sp³-hybridized carbons (Fsp3) is 1.00. The average molecular weight is 253 g/mol. The lowest BCUT2D eigenvalue weighted by Gasteiger charge is -2.34. The highest BCUT2D eigenvalue weighted by Crippen LogP contribution is 2.32. The Kier molecular flexibility index (Phi) is 8.75. The summed E-state index contributed by atoms with van der Waals surface area (Å²) in [6, 6.07) is 0.828. The number of nitrogens with one attached hydrogen (secondary N) is 1. The van der Waals surface area contributed by atoms with Crippen molar-refractivity contribution in [2.75, 3.05) is 6.54 Å². The van der Waals surface area contributed by atoms with Crippen LogP contribution in [0.4, 0.5) is 0 Å². The SMILES string of the molecule is CCCCC(CC)CC1CCCCC1NCCC. The second-order valence-corrected chi connectivity index (χ2v) is 6.26. The molecule has 3 atom stereocenters. The van der Waals surface area contributed by atoms with Crippen molar-refractivity contribution in [3.63, 3.8) is 0 Å². The minimum Gasteiger partial charge on any atom is -0.314 e. The summed E-state index contributed by atoms with van der Waals surface area (Å²) in [6.07, 6.45) is 14.2. The molecule has 0 saturated heterocycles. The highest BCUT2D eigenvalue weighted by Gasteiger charge is 2.26. The van der Waals surface area contributed by atoms with E-state index in [4.69, 9.17) is 0 Å². The molecule has 1 rings (SSSR count). The van der Waals surface area contributed by atoms with Crippen molar-refractivity contribution in [3.05, 3.63) is 0 Å². The van der Waals surface area contributed by atoms with Gasteiger partial charge in [0.1, 0.15) is 0 Å². The van der Waals surface area contributed by atoms with Crippen molar-refractivity contribution in [1.82, 2.24) is 5.32 Å². The highest BCUT2D eigenvalue weighted by molar-refractivity contribution is 4.82. The van der Waals surface area contributed by atoms with Crippen molar-refractivity contribution >= 4 is 0 Å². The summed E-state index contributed by atoms with van der Waals surface area (Å²) in [5.41, 5.74) is 0. The van der Waals surface area contributed by atoms with Gasteiger partial charge in [0, 0.05) is 6.04 Å². The zero-order valence-electron chi connectivity index (χ0n) is 13.0. The quantitative estimate of drug-likeness (QED) is 0.599. The van der Waals surface area contributed by atoms with E-state index in [0.717, 1.165) is 17.9 Å². The monoisotopic (exact) mass is 253 g/mol. The van der Waals surface area contributed by atoms with E-state index in [0.29, 0.717) is 0 Å². The number of hydrogen-bond donors (Lipinski definition) is 1. The molecule has 0 radical (unpaired) electrons. The number of hydrogen-bond acceptors (Lipinski definition) is 1. The highest BCUT2D eigenvalue weighted by atomic mass is 14.9. The summed E-state index contributed by atoms with van der Waals surface area (Å²) >= 11 is 0. The first kappa shape index (κ1) is 16.0. The van der Waals surface area contributed by atoms with E-state index in [9.17, 15) is 0 Å². The lowest BCUT2D eigenvalue weighted by atomic mass is 9.77. The van der Waals surface area contributed by atoms with Gasteiger partial charge in [-0.05, 0) is 44.1 Å². The molecule has 0 bridgehead atoms. The summed E-state index contributed by atoms with van der Waals surface area (Å²) in [5.74, 6) is 1.95. The third-order valence-electron chi connectivity index (χ3n) is 4.74. The van der Waals surface area contributed by atoms with E-state index in [1.165, 1.54) is 70.8 Å². The lowest BCUT2D eigenvalue weighted by molar-refractivity contribution is 0.211. The van der Waals surface area contributed by atoms with Crippen molar-refractivity contribution in [2.45, 2.75) is 91.0 Å². The van der Waals surface area contributed by atoms with Crippen LogP contribution in [-0.4, -0.2) is 12.6 Å². The van der Waals surface area contributed by atoms with Crippen LogP contribution in [0, 0.1) is 11.8 Å². The molecule has 1 heteroatoms. The van der Waals surface area contributed by atoms with Gasteiger partial charge < -0.3 is 5.32 Å². The van der Waals surface area contributed by atoms with E-state index in [-0.39, 0.29) is 0 Å². The fourth-order valence-electron chi connectivity index (χ4n) is 3.50. The van der Waals surface area contributed by atoms with Crippen LogP contribution in [0.25, 0.3) is 0 Å². The minimum absolute atomic E-state index is 0.828. The summed E-state index contributed by atoms with van der Waals surface area (Å²) in [4.78, 5) is 0. The molecule has 0 aromatic rings. The largest absolute Gasteiger partial charge is 0.314 e. The summed E-state index contributed by atoms with van der Waals surface area (Å²) in [7, 11) is 0. The lowest BCUT2D eigenvalue weighted by Crippen LogP contribution is -2.39. The standard InChI is InChI=1S/C17H35N/c1-4-7-10-15(6-3)14-16-11-8-9-12-17(16)18-13-5-2/h15-18H,4-14H2,1-3H3. The second kappa shape index (κ2) is 9.83. The molecule has 1 N–H and O–H groups in total. The molecular weight excluding hydrogens is 218 g/mol. The summed E-state index contributed by atoms with van der Waals surface area (Å²) < 4.78 is 0. The van der Waals surface area contributed by atoms with Gasteiger partial charge in [-0.25, -0.2) is 0 Å². The molecule has 0 heterocycles. The zero-order chi connectivity index (χ0) is 13.2. The smallest absolute Gasteiger partial charge is 0.00954 e. The molecule has 108 valence electrons. The Morgan fingerprint density at radius 3 is 2.50 bits per heavy atom. The molecule has 0 amide bonds. The maximum absolute atomic E-state index is 3.81. The van der Waals surface area contributed by atoms with Gasteiger partial charge in [0.05, 0.1) is 0 Å². The predicted molar refractivity (Wildman–Crippen MR) is 82.0 cm³/mol. The van der Waals surface area contributed by atoms with Crippen molar-refractivity contribution in [2.24, 2.45) is 11.8 Å². The van der Waals surface area contributed by atoms with Crippen LogP contribution >= 0.6 is 0 Å². The Bertz CT molecular complexity index is 190. The Balaban J connectivity index is 2.38. The first-order valence-electron chi connectivity index (χ1n) is 8.55. The third-order valence-corrected chi connectivity index (χ3v) is 4.74. The van der Waals surface area contributed by atoms with Gasteiger partial charge in [-0.1, -0.05) is 59.3 Å². The van der Waals surface area contributed by atoms with Gasteiger partial charge in [-0.2, -0.15) is 0 Å². The van der Waals surface area contributed by atoms with Crippen molar-refractivity contribution in [1.29, 1.82) is 0 Å². The van der Waals surface area contributed by atoms with Crippen LogP contribution in [0.1, 0.15) is 85.0 Å². The second-order valence-electron chi connectivity index (χ2n) is 6.26. The van der Waals surface area contributed by atoms with E-state index >= 15 is 0 Å². The molecule has 3 unspecified atom stereocenters. The Labute approximate surface area is 115 Å². The molecule has 18 heavy (non-hydrogen) atoms. The molecule has 0 aliphatic heterocycles. The molecule has 1 fully saturated rings. The third kappa shape index (κ3) is 5.73. The van der Waals surface area contributed by atoms with Crippen molar-refractivity contribution < 1.29 is 0 Å². The Morgan fingerprint density at radius 1 is 1.06 bits per heavy atom. The number of unbranched alkanes of at least 4 members (excludes halogenated alkanes) is 1. The van der Waals surface area contributed by atoms with Gasteiger partial charge in [0.25, 0.3) is 0 Å². The molecule has 0 aromatic carbocycles. The maximum Gasteiger partial charge on any atom is 0.00954 e. The van der Waals surface area contributed by atoms with Crippen molar-refractivity contribution in [3.8, 4) is 0 Å². The topological polar surface area (TPSA) is 12.0 Å². The van der Waals surface area contributed by atoms with Crippen LogP contribution in [-0.2, 0) is 0 Å². The van der Waals surface area contributed by atoms with Gasteiger partial charge in [0.2, 0.25) is 0 Å². The molecule has 0 aromatic heterocycles. The molecule has 1 saturated carbocycles. The predicted octanol–water partition coefficient (Wildman–Crippen LogP) is 5.15. The summed E-state index contributed by atoms with van der Waals surface area (Å²) in [5, 5.41) is 3.81. The van der Waals surface area contributed by atoms with Crippen LogP contribution in [0.15, 0.2) is 0 Å². The first-order chi connectivity index (χ1) is 8.81. The first-order valence-corrected chi connectivity index (χ1v) is 8.55. The molecule has 1 aliphatic carbocycles. The van der Waals surface area contributed by atoms with Crippen LogP contribution in [0.3, 0.4) is 0 Å². The normalized spacial score (nSPS) is 26.2.